The fourth-order valence-electron chi connectivity index (χ4n) is 2.86. The van der Waals surface area contributed by atoms with Crippen molar-refractivity contribution in [2.24, 2.45) is 5.92 Å². The van der Waals surface area contributed by atoms with Crippen LogP contribution in [-0.4, -0.2) is 18.2 Å². The van der Waals surface area contributed by atoms with Gasteiger partial charge in [0.05, 0.1) is 12.2 Å². The zero-order valence-electron chi connectivity index (χ0n) is 10.8. The Balaban J connectivity index is 1.75. The van der Waals surface area contributed by atoms with Crippen LogP contribution in [0.4, 0.5) is 0 Å². The monoisotopic (exact) mass is 223 g/mol. The minimum absolute atomic E-state index is 0.501. The highest BCUT2D eigenvalue weighted by Crippen LogP contribution is 2.30. The summed E-state index contributed by atoms with van der Waals surface area (Å²) in [5, 5.41) is 3.59. The van der Waals surface area contributed by atoms with E-state index in [1.807, 2.05) is 0 Å². The Kier molecular flexibility index (Phi) is 3.91. The average molecular weight is 223 g/mol. The molecule has 0 aliphatic carbocycles. The molecule has 0 bridgehead atoms. The second kappa shape index (κ2) is 5.22. The number of hydrogen-bond donors (Lipinski definition) is 1. The summed E-state index contributed by atoms with van der Waals surface area (Å²) in [5.41, 5.74) is 1.42. The van der Waals surface area contributed by atoms with Crippen molar-refractivity contribution in [3.05, 3.63) is 11.8 Å². The molecule has 1 N–H and O–H groups in total. The number of hydrogen-bond acceptors (Lipinski definition) is 2. The van der Waals surface area contributed by atoms with E-state index in [4.69, 9.17) is 4.74 Å². The van der Waals surface area contributed by atoms with Crippen LogP contribution in [0.1, 0.15) is 52.9 Å². The SMILES string of the molecule is C/C=C1\CCC(CC2CCC(C(C)C)O2)N1. The zero-order valence-corrected chi connectivity index (χ0v) is 10.8. The van der Waals surface area contributed by atoms with Crippen molar-refractivity contribution in [1.82, 2.24) is 5.32 Å². The van der Waals surface area contributed by atoms with Crippen LogP contribution in [0, 0.1) is 5.92 Å². The molecule has 0 spiro atoms. The van der Waals surface area contributed by atoms with Crippen molar-refractivity contribution in [3.8, 4) is 0 Å². The lowest BCUT2D eigenvalue weighted by atomic mass is 10.0. The van der Waals surface area contributed by atoms with E-state index < -0.39 is 0 Å². The van der Waals surface area contributed by atoms with E-state index >= 15 is 0 Å². The minimum Gasteiger partial charge on any atom is -0.386 e. The predicted molar refractivity (Wildman–Crippen MR) is 67.3 cm³/mol. The Labute approximate surface area is 99.4 Å². The summed E-state index contributed by atoms with van der Waals surface area (Å²) >= 11 is 0. The zero-order chi connectivity index (χ0) is 11.5. The van der Waals surface area contributed by atoms with Gasteiger partial charge in [0.25, 0.3) is 0 Å². The van der Waals surface area contributed by atoms with Crippen LogP contribution in [0.3, 0.4) is 0 Å². The first-order valence-corrected chi connectivity index (χ1v) is 6.76. The molecule has 0 amide bonds. The molecule has 0 saturated carbocycles. The maximum Gasteiger partial charge on any atom is 0.0602 e. The Morgan fingerprint density at radius 1 is 1.38 bits per heavy atom. The quantitative estimate of drug-likeness (QED) is 0.793. The molecule has 0 radical (unpaired) electrons. The Bertz CT molecular complexity index is 259. The summed E-state index contributed by atoms with van der Waals surface area (Å²) < 4.78 is 6.09. The fraction of sp³-hybridized carbons (Fsp3) is 0.857. The highest BCUT2D eigenvalue weighted by molar-refractivity contribution is 5.06. The lowest BCUT2D eigenvalue weighted by Crippen LogP contribution is -2.26. The van der Waals surface area contributed by atoms with Crippen molar-refractivity contribution in [1.29, 1.82) is 0 Å². The molecule has 2 aliphatic rings. The van der Waals surface area contributed by atoms with Crippen molar-refractivity contribution in [2.45, 2.75) is 71.1 Å². The van der Waals surface area contributed by atoms with E-state index in [9.17, 15) is 0 Å². The summed E-state index contributed by atoms with van der Waals surface area (Å²) in [7, 11) is 0. The number of allylic oxidation sites excluding steroid dienone is 2. The van der Waals surface area contributed by atoms with Gasteiger partial charge in [-0.2, -0.15) is 0 Å². The van der Waals surface area contributed by atoms with Gasteiger partial charge in [-0.05, 0) is 44.9 Å². The minimum atomic E-state index is 0.501. The molecule has 2 heteroatoms. The second-order valence-corrected chi connectivity index (χ2v) is 5.55. The van der Waals surface area contributed by atoms with Gasteiger partial charge in [0.15, 0.2) is 0 Å². The summed E-state index contributed by atoms with van der Waals surface area (Å²) in [4.78, 5) is 0. The van der Waals surface area contributed by atoms with E-state index in [1.165, 1.54) is 37.8 Å². The van der Waals surface area contributed by atoms with Gasteiger partial charge in [-0.25, -0.2) is 0 Å². The van der Waals surface area contributed by atoms with Crippen LogP contribution < -0.4 is 5.32 Å². The van der Waals surface area contributed by atoms with Crippen LogP contribution in [0.2, 0.25) is 0 Å². The van der Waals surface area contributed by atoms with Gasteiger partial charge in [-0.15, -0.1) is 0 Å². The Hall–Kier alpha value is -0.500. The molecule has 2 heterocycles. The highest BCUT2D eigenvalue weighted by Gasteiger charge is 2.30. The third kappa shape index (κ3) is 2.79. The average Bonchev–Trinajstić information content (AvgIpc) is 2.87. The molecule has 0 aromatic rings. The molecular weight excluding hydrogens is 198 g/mol. The first-order valence-electron chi connectivity index (χ1n) is 6.76. The molecule has 2 saturated heterocycles. The first kappa shape index (κ1) is 12.0. The molecule has 2 aliphatic heterocycles. The fourth-order valence-corrected chi connectivity index (χ4v) is 2.86. The second-order valence-electron chi connectivity index (χ2n) is 5.55. The largest absolute Gasteiger partial charge is 0.386 e. The normalized spacial score (nSPS) is 37.2. The van der Waals surface area contributed by atoms with Crippen LogP contribution in [0.25, 0.3) is 0 Å². The highest BCUT2D eigenvalue weighted by atomic mass is 16.5. The molecule has 0 aromatic heterocycles. The number of nitrogens with one attached hydrogen (secondary N) is 1. The number of ether oxygens (including phenoxy) is 1. The van der Waals surface area contributed by atoms with Crippen LogP contribution in [0.15, 0.2) is 11.8 Å². The van der Waals surface area contributed by atoms with Gasteiger partial charge >= 0.3 is 0 Å². The molecule has 92 valence electrons. The first-order chi connectivity index (χ1) is 7.69. The summed E-state index contributed by atoms with van der Waals surface area (Å²) in [5.74, 6) is 0.674. The molecule has 2 rings (SSSR count). The molecule has 16 heavy (non-hydrogen) atoms. The lowest BCUT2D eigenvalue weighted by Gasteiger charge is -2.19. The van der Waals surface area contributed by atoms with Crippen molar-refractivity contribution >= 4 is 0 Å². The molecule has 3 atom stereocenters. The van der Waals surface area contributed by atoms with Crippen molar-refractivity contribution < 1.29 is 4.74 Å². The van der Waals surface area contributed by atoms with Gasteiger partial charge in [0, 0.05) is 11.7 Å². The third-order valence-electron chi connectivity index (χ3n) is 3.93. The molecule has 2 fully saturated rings. The van der Waals surface area contributed by atoms with E-state index in [1.54, 1.807) is 0 Å². The van der Waals surface area contributed by atoms with Gasteiger partial charge in [-0.3, -0.25) is 0 Å². The standard InChI is InChI=1S/C14H25NO/c1-4-11-5-6-12(15-11)9-13-7-8-14(16-13)10(2)3/h4,10,12-15H,5-9H2,1-3H3/b11-4+. The lowest BCUT2D eigenvalue weighted by molar-refractivity contribution is 0.0122. The maximum absolute atomic E-state index is 6.09. The maximum atomic E-state index is 6.09. The smallest absolute Gasteiger partial charge is 0.0602 e. The van der Waals surface area contributed by atoms with Gasteiger partial charge in [0.2, 0.25) is 0 Å². The topological polar surface area (TPSA) is 21.3 Å². The Morgan fingerprint density at radius 3 is 2.75 bits per heavy atom. The predicted octanol–water partition coefficient (Wildman–Crippen LogP) is 3.24. The van der Waals surface area contributed by atoms with E-state index in [0.717, 1.165) is 0 Å². The van der Waals surface area contributed by atoms with Crippen LogP contribution in [0.5, 0.6) is 0 Å². The summed E-state index contributed by atoms with van der Waals surface area (Å²) in [6.07, 6.45) is 9.42. The summed E-state index contributed by atoms with van der Waals surface area (Å²) in [6.45, 7) is 6.64. The molecule has 0 aromatic carbocycles. The van der Waals surface area contributed by atoms with E-state index in [-0.39, 0.29) is 0 Å². The summed E-state index contributed by atoms with van der Waals surface area (Å²) in [6, 6.07) is 0.655. The van der Waals surface area contributed by atoms with Gasteiger partial charge in [0.1, 0.15) is 0 Å². The molecule has 2 nitrogen and oxygen atoms in total. The van der Waals surface area contributed by atoms with Gasteiger partial charge < -0.3 is 10.1 Å². The van der Waals surface area contributed by atoms with Crippen LogP contribution in [-0.2, 0) is 4.74 Å². The third-order valence-corrected chi connectivity index (χ3v) is 3.93. The van der Waals surface area contributed by atoms with Crippen molar-refractivity contribution in [2.75, 3.05) is 0 Å². The van der Waals surface area contributed by atoms with E-state index in [0.29, 0.717) is 24.2 Å². The number of rotatable bonds is 3. The van der Waals surface area contributed by atoms with Crippen molar-refractivity contribution in [3.63, 3.8) is 0 Å². The van der Waals surface area contributed by atoms with Gasteiger partial charge in [-0.1, -0.05) is 19.9 Å². The molecular formula is C14H25NO. The van der Waals surface area contributed by atoms with Crippen LogP contribution >= 0.6 is 0 Å². The van der Waals surface area contributed by atoms with E-state index in [2.05, 4.69) is 32.2 Å². The Morgan fingerprint density at radius 2 is 2.19 bits per heavy atom. The molecule has 3 unspecified atom stereocenters.